The second kappa shape index (κ2) is 6.21. The van der Waals surface area contributed by atoms with Gasteiger partial charge in [-0.05, 0) is 45.0 Å². The maximum absolute atomic E-state index is 5.84. The monoisotopic (exact) mass is 249 g/mol. The molecular weight excluding hydrogens is 226 g/mol. The predicted molar refractivity (Wildman–Crippen MR) is 72.9 cm³/mol. The van der Waals surface area contributed by atoms with Crippen LogP contribution in [0.4, 0.5) is 0 Å². The Morgan fingerprint density at radius 3 is 2.67 bits per heavy atom. The van der Waals surface area contributed by atoms with Crippen LogP contribution in [-0.2, 0) is 4.74 Å². The summed E-state index contributed by atoms with van der Waals surface area (Å²) in [5, 5.41) is 3.24. The van der Waals surface area contributed by atoms with Crippen molar-refractivity contribution in [3.63, 3.8) is 0 Å². The first kappa shape index (κ1) is 13.4. The van der Waals surface area contributed by atoms with Gasteiger partial charge in [-0.1, -0.05) is 12.1 Å². The lowest BCUT2D eigenvalue weighted by Gasteiger charge is -2.19. The van der Waals surface area contributed by atoms with Crippen molar-refractivity contribution in [3.8, 4) is 5.75 Å². The predicted octanol–water partition coefficient (Wildman–Crippen LogP) is 2.77. The van der Waals surface area contributed by atoms with Crippen molar-refractivity contribution in [1.29, 1.82) is 0 Å². The van der Waals surface area contributed by atoms with Gasteiger partial charge in [0, 0.05) is 19.1 Å². The summed E-state index contributed by atoms with van der Waals surface area (Å²) in [6.45, 7) is 5.95. The van der Waals surface area contributed by atoms with E-state index in [1.165, 1.54) is 5.56 Å². The molecule has 0 aliphatic carbocycles. The summed E-state index contributed by atoms with van der Waals surface area (Å²) < 4.78 is 11.5. The van der Waals surface area contributed by atoms with E-state index in [1.54, 1.807) is 0 Å². The van der Waals surface area contributed by atoms with E-state index in [4.69, 9.17) is 9.47 Å². The first-order valence-corrected chi connectivity index (χ1v) is 6.73. The molecular formula is C15H23NO2. The number of benzene rings is 1. The highest BCUT2D eigenvalue weighted by molar-refractivity contribution is 5.29. The van der Waals surface area contributed by atoms with Gasteiger partial charge in [-0.2, -0.15) is 0 Å². The Morgan fingerprint density at radius 2 is 2.06 bits per heavy atom. The van der Waals surface area contributed by atoms with E-state index in [-0.39, 0.29) is 12.2 Å². The maximum atomic E-state index is 5.84. The fourth-order valence-electron chi connectivity index (χ4n) is 2.48. The van der Waals surface area contributed by atoms with E-state index in [9.17, 15) is 0 Å². The largest absolute Gasteiger partial charge is 0.491 e. The van der Waals surface area contributed by atoms with Crippen molar-refractivity contribution < 1.29 is 9.47 Å². The third kappa shape index (κ3) is 3.24. The molecule has 18 heavy (non-hydrogen) atoms. The van der Waals surface area contributed by atoms with E-state index in [2.05, 4.69) is 17.4 Å². The fraction of sp³-hybridized carbons (Fsp3) is 0.600. The second-order valence-electron chi connectivity index (χ2n) is 5.13. The molecule has 2 atom stereocenters. The quantitative estimate of drug-likeness (QED) is 0.870. The van der Waals surface area contributed by atoms with Crippen LogP contribution in [-0.4, -0.2) is 26.3 Å². The molecule has 0 aromatic heterocycles. The van der Waals surface area contributed by atoms with Gasteiger partial charge in [0.05, 0.1) is 12.2 Å². The van der Waals surface area contributed by atoms with Crippen LogP contribution in [0.1, 0.15) is 31.9 Å². The zero-order chi connectivity index (χ0) is 13.0. The van der Waals surface area contributed by atoms with Crippen LogP contribution < -0.4 is 10.1 Å². The molecule has 1 heterocycles. The molecule has 3 heteroatoms. The molecule has 0 amide bonds. The van der Waals surface area contributed by atoms with Gasteiger partial charge in [0.15, 0.2) is 0 Å². The molecule has 2 rings (SSSR count). The molecule has 1 N–H and O–H groups in total. The van der Waals surface area contributed by atoms with Crippen molar-refractivity contribution in [2.75, 3.05) is 20.2 Å². The summed E-state index contributed by atoms with van der Waals surface area (Å²) in [6.07, 6.45) is 1.58. The molecule has 1 saturated heterocycles. The lowest BCUT2D eigenvalue weighted by atomic mass is 9.95. The van der Waals surface area contributed by atoms with Gasteiger partial charge >= 0.3 is 0 Å². The lowest BCUT2D eigenvalue weighted by molar-refractivity contribution is 0.0909. The summed E-state index contributed by atoms with van der Waals surface area (Å²) in [7, 11) is 1.99. The molecule has 1 fully saturated rings. The molecule has 0 bridgehead atoms. The van der Waals surface area contributed by atoms with Crippen molar-refractivity contribution in [2.24, 2.45) is 5.92 Å². The highest BCUT2D eigenvalue weighted by atomic mass is 16.5. The van der Waals surface area contributed by atoms with E-state index >= 15 is 0 Å². The summed E-state index contributed by atoms with van der Waals surface area (Å²) in [5.74, 6) is 1.50. The van der Waals surface area contributed by atoms with Gasteiger partial charge in [0.1, 0.15) is 5.75 Å². The molecule has 1 aromatic carbocycles. The molecule has 100 valence electrons. The second-order valence-corrected chi connectivity index (χ2v) is 5.13. The maximum Gasteiger partial charge on any atom is 0.119 e. The van der Waals surface area contributed by atoms with Crippen LogP contribution in [0.2, 0.25) is 0 Å². The Balaban J connectivity index is 2.04. The number of hydrogen-bond acceptors (Lipinski definition) is 3. The van der Waals surface area contributed by atoms with Crippen LogP contribution in [0.25, 0.3) is 0 Å². The lowest BCUT2D eigenvalue weighted by Crippen LogP contribution is -2.21. The van der Waals surface area contributed by atoms with Crippen molar-refractivity contribution in [3.05, 3.63) is 29.8 Å². The minimum atomic E-state index is 0.218. The summed E-state index contributed by atoms with van der Waals surface area (Å²) in [5.41, 5.74) is 1.25. The Labute approximate surface area is 109 Å². The molecule has 0 spiro atoms. The summed E-state index contributed by atoms with van der Waals surface area (Å²) >= 11 is 0. The van der Waals surface area contributed by atoms with Gasteiger partial charge in [-0.3, -0.25) is 0 Å². The summed E-state index contributed by atoms with van der Waals surface area (Å²) in [6, 6.07) is 8.31. The van der Waals surface area contributed by atoms with E-state index in [1.807, 2.05) is 33.0 Å². The third-order valence-electron chi connectivity index (χ3n) is 3.26. The van der Waals surface area contributed by atoms with Crippen molar-refractivity contribution >= 4 is 0 Å². The smallest absolute Gasteiger partial charge is 0.119 e. The molecule has 3 nitrogen and oxygen atoms in total. The van der Waals surface area contributed by atoms with Gasteiger partial charge in [-0.25, -0.2) is 0 Å². The highest BCUT2D eigenvalue weighted by Crippen LogP contribution is 2.34. The fourth-order valence-corrected chi connectivity index (χ4v) is 2.48. The molecule has 1 aliphatic heterocycles. The molecule has 1 aliphatic rings. The standard InChI is InChI=1S/C15H23NO2/c1-11(2)18-14-6-4-12(5-7-14)15-13(10-16-3)8-9-17-15/h4-7,11,13,15-16H,8-10H2,1-3H3. The third-order valence-corrected chi connectivity index (χ3v) is 3.26. The van der Waals surface area contributed by atoms with E-state index < -0.39 is 0 Å². The topological polar surface area (TPSA) is 30.5 Å². The first-order chi connectivity index (χ1) is 8.70. The SMILES string of the molecule is CNCC1CCOC1c1ccc(OC(C)C)cc1. The number of ether oxygens (including phenoxy) is 2. The van der Waals surface area contributed by atoms with E-state index in [0.29, 0.717) is 5.92 Å². The molecule has 0 radical (unpaired) electrons. The molecule has 0 saturated carbocycles. The van der Waals surface area contributed by atoms with Crippen LogP contribution >= 0.6 is 0 Å². The van der Waals surface area contributed by atoms with E-state index in [0.717, 1.165) is 25.3 Å². The Bertz CT molecular complexity index is 361. The van der Waals surface area contributed by atoms with Gasteiger partial charge < -0.3 is 14.8 Å². The van der Waals surface area contributed by atoms with Crippen molar-refractivity contribution in [2.45, 2.75) is 32.5 Å². The number of rotatable bonds is 5. The van der Waals surface area contributed by atoms with Gasteiger partial charge in [-0.15, -0.1) is 0 Å². The number of hydrogen-bond donors (Lipinski definition) is 1. The average Bonchev–Trinajstić information content (AvgIpc) is 2.78. The Kier molecular flexibility index (Phi) is 4.61. The first-order valence-electron chi connectivity index (χ1n) is 6.73. The van der Waals surface area contributed by atoms with Crippen LogP contribution in [0.5, 0.6) is 5.75 Å². The summed E-state index contributed by atoms with van der Waals surface area (Å²) in [4.78, 5) is 0. The normalized spacial score (nSPS) is 23.6. The zero-order valence-corrected chi connectivity index (χ0v) is 11.5. The average molecular weight is 249 g/mol. The number of nitrogens with one attached hydrogen (secondary N) is 1. The van der Waals surface area contributed by atoms with Gasteiger partial charge in [0.25, 0.3) is 0 Å². The minimum absolute atomic E-state index is 0.218. The van der Waals surface area contributed by atoms with Gasteiger partial charge in [0.2, 0.25) is 0 Å². The molecule has 1 aromatic rings. The van der Waals surface area contributed by atoms with Crippen LogP contribution in [0.3, 0.4) is 0 Å². The minimum Gasteiger partial charge on any atom is -0.491 e. The Hall–Kier alpha value is -1.06. The highest BCUT2D eigenvalue weighted by Gasteiger charge is 2.28. The molecule has 2 unspecified atom stereocenters. The Morgan fingerprint density at radius 1 is 1.33 bits per heavy atom. The van der Waals surface area contributed by atoms with Crippen LogP contribution in [0, 0.1) is 5.92 Å². The van der Waals surface area contributed by atoms with Crippen LogP contribution in [0.15, 0.2) is 24.3 Å². The zero-order valence-electron chi connectivity index (χ0n) is 11.5. The van der Waals surface area contributed by atoms with Crippen molar-refractivity contribution in [1.82, 2.24) is 5.32 Å².